The van der Waals surface area contributed by atoms with E-state index in [1.807, 2.05) is 6.07 Å². The van der Waals surface area contributed by atoms with Crippen LogP contribution in [-0.2, 0) is 17.1 Å². The van der Waals surface area contributed by atoms with Crippen molar-refractivity contribution in [1.29, 1.82) is 5.26 Å². The molecule has 30 heavy (non-hydrogen) atoms. The number of halogens is 1. The van der Waals surface area contributed by atoms with E-state index in [9.17, 15) is 12.8 Å². The molecule has 1 aliphatic rings. The van der Waals surface area contributed by atoms with Crippen LogP contribution < -0.4 is 5.32 Å². The number of aromatic nitrogens is 2. The van der Waals surface area contributed by atoms with Crippen LogP contribution in [0.25, 0.3) is 0 Å². The maximum absolute atomic E-state index is 13.4. The third kappa shape index (κ3) is 3.92. The second kappa shape index (κ2) is 7.89. The Bertz CT molecular complexity index is 1200. The van der Waals surface area contributed by atoms with E-state index in [2.05, 4.69) is 16.4 Å². The monoisotopic (exact) mass is 425 g/mol. The van der Waals surface area contributed by atoms with Gasteiger partial charge in [-0.2, -0.15) is 9.57 Å². The topological polar surface area (TPSA) is 91.0 Å². The highest BCUT2D eigenvalue weighted by Gasteiger charge is 2.41. The SMILES string of the molecule is Cn1cnc(S(=O)(=O)N2C[C@@H](Nc3cccc(C#N)c3)[C@H](c3ccc(F)cc3)C2)c1. The van der Waals surface area contributed by atoms with Crippen molar-refractivity contribution < 1.29 is 12.8 Å². The van der Waals surface area contributed by atoms with Crippen molar-refractivity contribution in [2.75, 3.05) is 18.4 Å². The predicted molar refractivity (Wildman–Crippen MR) is 110 cm³/mol. The third-order valence-corrected chi connectivity index (χ3v) is 6.93. The molecular weight excluding hydrogens is 405 g/mol. The fourth-order valence-corrected chi connectivity index (χ4v) is 5.16. The molecule has 1 saturated heterocycles. The Labute approximate surface area is 174 Å². The summed E-state index contributed by atoms with van der Waals surface area (Å²) in [5.41, 5.74) is 2.07. The molecule has 2 aromatic carbocycles. The van der Waals surface area contributed by atoms with Crippen LogP contribution >= 0.6 is 0 Å². The van der Waals surface area contributed by atoms with Crippen LogP contribution in [-0.4, -0.2) is 41.4 Å². The summed E-state index contributed by atoms with van der Waals surface area (Å²) in [6.45, 7) is 0.456. The number of anilines is 1. The zero-order valence-electron chi connectivity index (χ0n) is 16.2. The second-order valence-electron chi connectivity index (χ2n) is 7.30. The van der Waals surface area contributed by atoms with Gasteiger partial charge in [-0.1, -0.05) is 18.2 Å². The molecule has 0 bridgehead atoms. The number of hydrogen-bond donors (Lipinski definition) is 1. The van der Waals surface area contributed by atoms with Crippen molar-refractivity contribution in [2.45, 2.75) is 17.0 Å². The smallest absolute Gasteiger partial charge is 0.262 e. The molecule has 0 aliphatic carbocycles. The first-order valence-corrected chi connectivity index (χ1v) is 10.8. The zero-order valence-corrected chi connectivity index (χ0v) is 17.1. The van der Waals surface area contributed by atoms with E-state index in [0.717, 1.165) is 11.3 Å². The number of aryl methyl sites for hydroxylation is 1. The second-order valence-corrected chi connectivity index (χ2v) is 9.19. The van der Waals surface area contributed by atoms with Crippen LogP contribution in [0.4, 0.5) is 10.1 Å². The molecule has 1 aromatic heterocycles. The number of sulfonamides is 1. The van der Waals surface area contributed by atoms with Gasteiger partial charge in [0, 0.05) is 44.0 Å². The predicted octanol–water partition coefficient (Wildman–Crippen LogP) is 2.70. The van der Waals surface area contributed by atoms with Crippen LogP contribution in [0.3, 0.4) is 0 Å². The molecule has 0 saturated carbocycles. The Kier molecular flexibility index (Phi) is 5.28. The quantitative estimate of drug-likeness (QED) is 0.679. The molecule has 1 aliphatic heterocycles. The van der Waals surface area contributed by atoms with Crippen LogP contribution in [0.2, 0.25) is 0 Å². The van der Waals surface area contributed by atoms with E-state index in [1.165, 1.54) is 29.0 Å². The minimum Gasteiger partial charge on any atom is -0.380 e. The molecule has 2 atom stereocenters. The molecule has 0 unspecified atom stereocenters. The largest absolute Gasteiger partial charge is 0.380 e. The number of hydrogen-bond acceptors (Lipinski definition) is 5. The van der Waals surface area contributed by atoms with E-state index in [-0.39, 0.29) is 35.9 Å². The molecule has 0 radical (unpaired) electrons. The van der Waals surface area contributed by atoms with E-state index in [1.54, 1.807) is 41.9 Å². The first-order valence-electron chi connectivity index (χ1n) is 9.37. The summed E-state index contributed by atoms with van der Waals surface area (Å²) in [4.78, 5) is 4.00. The van der Waals surface area contributed by atoms with Crippen molar-refractivity contribution in [2.24, 2.45) is 7.05 Å². The molecule has 0 spiro atoms. The number of benzene rings is 2. The van der Waals surface area contributed by atoms with Gasteiger partial charge in [-0.3, -0.25) is 0 Å². The first-order chi connectivity index (χ1) is 14.4. The van der Waals surface area contributed by atoms with E-state index < -0.39 is 10.0 Å². The van der Waals surface area contributed by atoms with Gasteiger partial charge in [0.2, 0.25) is 0 Å². The molecule has 154 valence electrons. The fourth-order valence-electron chi connectivity index (χ4n) is 3.70. The van der Waals surface area contributed by atoms with E-state index >= 15 is 0 Å². The van der Waals surface area contributed by atoms with Gasteiger partial charge in [-0.25, -0.2) is 17.8 Å². The highest BCUT2D eigenvalue weighted by Crippen LogP contribution is 2.33. The summed E-state index contributed by atoms with van der Waals surface area (Å²) in [6, 6.07) is 15.0. The lowest BCUT2D eigenvalue weighted by molar-refractivity contribution is 0.468. The minimum absolute atomic E-state index is 0.00464. The average molecular weight is 425 g/mol. The van der Waals surface area contributed by atoms with Crippen LogP contribution in [0.15, 0.2) is 66.1 Å². The molecule has 7 nitrogen and oxygen atoms in total. The Morgan fingerprint density at radius 1 is 1.20 bits per heavy atom. The van der Waals surface area contributed by atoms with Gasteiger partial charge in [-0.15, -0.1) is 0 Å². The lowest BCUT2D eigenvalue weighted by Gasteiger charge is -2.21. The van der Waals surface area contributed by atoms with Crippen LogP contribution in [0.5, 0.6) is 0 Å². The lowest BCUT2D eigenvalue weighted by atomic mass is 9.94. The standard InChI is InChI=1S/C21H20FN5O2S/c1-26-13-21(24-14-26)30(28,29)27-11-19(16-5-7-17(22)8-6-16)20(12-27)25-18-4-2-3-15(9-18)10-23/h2-9,13-14,19-20,25H,11-12H2,1H3/t19-,20+/m0/s1. The molecule has 3 aromatic rings. The number of nitrogens with zero attached hydrogens (tertiary/aromatic N) is 4. The Balaban J connectivity index is 1.66. The zero-order chi connectivity index (χ0) is 21.3. The highest BCUT2D eigenvalue weighted by molar-refractivity contribution is 7.89. The highest BCUT2D eigenvalue weighted by atomic mass is 32.2. The number of nitriles is 1. The van der Waals surface area contributed by atoms with Gasteiger partial charge in [0.1, 0.15) is 5.82 Å². The molecule has 0 amide bonds. The number of nitrogens with one attached hydrogen (secondary N) is 1. The van der Waals surface area contributed by atoms with Crippen molar-refractivity contribution in [1.82, 2.24) is 13.9 Å². The summed E-state index contributed by atoms with van der Waals surface area (Å²) in [5, 5.41) is 12.5. The normalized spacial score (nSPS) is 19.5. The molecule has 1 fully saturated rings. The first kappa shape index (κ1) is 20.1. The molecule has 4 rings (SSSR count). The van der Waals surface area contributed by atoms with Gasteiger partial charge in [0.05, 0.1) is 18.0 Å². The number of rotatable bonds is 5. The van der Waals surface area contributed by atoms with Crippen molar-refractivity contribution in [3.63, 3.8) is 0 Å². The average Bonchev–Trinajstić information content (AvgIpc) is 3.36. The van der Waals surface area contributed by atoms with Crippen molar-refractivity contribution in [3.05, 3.63) is 78.0 Å². The van der Waals surface area contributed by atoms with Gasteiger partial charge in [0.25, 0.3) is 10.0 Å². The van der Waals surface area contributed by atoms with Crippen molar-refractivity contribution >= 4 is 15.7 Å². The summed E-state index contributed by atoms with van der Waals surface area (Å²) < 4.78 is 42.6. The number of imidazole rings is 1. The maximum atomic E-state index is 13.4. The Morgan fingerprint density at radius 2 is 1.97 bits per heavy atom. The molecule has 2 heterocycles. The maximum Gasteiger partial charge on any atom is 0.262 e. The van der Waals surface area contributed by atoms with Crippen molar-refractivity contribution in [3.8, 4) is 6.07 Å². The Morgan fingerprint density at radius 3 is 2.63 bits per heavy atom. The lowest BCUT2D eigenvalue weighted by Crippen LogP contribution is -2.32. The third-order valence-electron chi connectivity index (χ3n) is 5.21. The Hall–Kier alpha value is -3.22. The summed E-state index contributed by atoms with van der Waals surface area (Å²) >= 11 is 0. The summed E-state index contributed by atoms with van der Waals surface area (Å²) in [7, 11) is -2.06. The summed E-state index contributed by atoms with van der Waals surface area (Å²) in [5.74, 6) is -0.546. The van der Waals surface area contributed by atoms with E-state index in [0.29, 0.717) is 5.56 Å². The van der Waals surface area contributed by atoms with Gasteiger partial charge >= 0.3 is 0 Å². The minimum atomic E-state index is -3.77. The molecule has 1 N–H and O–H groups in total. The fraction of sp³-hybridized carbons (Fsp3) is 0.238. The summed E-state index contributed by atoms with van der Waals surface area (Å²) in [6.07, 6.45) is 2.92. The van der Waals surface area contributed by atoms with Gasteiger partial charge in [-0.05, 0) is 35.9 Å². The molecule has 9 heteroatoms. The van der Waals surface area contributed by atoms with Crippen LogP contribution in [0.1, 0.15) is 17.0 Å². The van der Waals surface area contributed by atoms with Gasteiger partial charge < -0.3 is 9.88 Å². The van der Waals surface area contributed by atoms with Crippen LogP contribution in [0, 0.1) is 17.1 Å². The van der Waals surface area contributed by atoms with E-state index in [4.69, 9.17) is 5.26 Å². The van der Waals surface area contributed by atoms with Gasteiger partial charge in [0.15, 0.2) is 5.03 Å². The molecular formula is C21H20FN5O2S.